The molecule has 1 aliphatic carbocycles. The van der Waals surface area contributed by atoms with Crippen LogP contribution in [-0.2, 0) is 0 Å². The molecule has 1 aliphatic rings. The Morgan fingerprint density at radius 3 is 1.92 bits per heavy atom. The van der Waals surface area contributed by atoms with E-state index in [2.05, 4.69) is 24.5 Å². The molecule has 0 spiro atoms. The van der Waals surface area contributed by atoms with Gasteiger partial charge in [-0.05, 0) is 51.2 Å². The van der Waals surface area contributed by atoms with Gasteiger partial charge in [-0.3, -0.25) is 0 Å². The molecule has 24 heavy (non-hydrogen) atoms. The minimum atomic E-state index is 0.790. The molecule has 0 heterocycles. The molecule has 0 aromatic carbocycles. The summed E-state index contributed by atoms with van der Waals surface area (Å²) in [7, 11) is 0. The van der Waals surface area contributed by atoms with Gasteiger partial charge >= 0.3 is 0 Å². The molecular weight excluding hydrogens is 292 g/mol. The molecule has 144 valence electrons. The molecule has 2 nitrogen and oxygen atoms in total. The molecule has 0 aromatic rings. The van der Waals surface area contributed by atoms with E-state index in [1.165, 1.54) is 116 Å². The van der Waals surface area contributed by atoms with Crippen LogP contribution in [0.2, 0.25) is 0 Å². The van der Waals surface area contributed by atoms with Crippen LogP contribution in [0.25, 0.3) is 0 Å². The van der Waals surface area contributed by atoms with Crippen LogP contribution in [0.5, 0.6) is 0 Å². The van der Waals surface area contributed by atoms with Crippen molar-refractivity contribution >= 4 is 0 Å². The largest absolute Gasteiger partial charge is 0.316 e. The van der Waals surface area contributed by atoms with E-state index in [1.54, 1.807) is 0 Å². The fourth-order valence-electron chi connectivity index (χ4n) is 4.06. The fraction of sp³-hybridized carbons (Fsp3) is 1.00. The molecule has 0 aromatic heterocycles. The molecule has 2 unspecified atom stereocenters. The van der Waals surface area contributed by atoms with Gasteiger partial charge in [-0.1, -0.05) is 84.5 Å². The second kappa shape index (κ2) is 16.4. The first kappa shape index (κ1) is 22.0. The molecule has 0 bridgehead atoms. The van der Waals surface area contributed by atoms with Gasteiger partial charge in [-0.2, -0.15) is 0 Å². The third-order valence-electron chi connectivity index (χ3n) is 5.71. The van der Waals surface area contributed by atoms with E-state index >= 15 is 0 Å². The van der Waals surface area contributed by atoms with Gasteiger partial charge in [0.05, 0.1) is 0 Å². The zero-order valence-corrected chi connectivity index (χ0v) is 16.9. The van der Waals surface area contributed by atoms with Gasteiger partial charge in [0.15, 0.2) is 0 Å². The van der Waals surface area contributed by atoms with Crippen LogP contribution >= 0.6 is 0 Å². The summed E-state index contributed by atoms with van der Waals surface area (Å²) in [6, 6.07) is 0.790. The van der Waals surface area contributed by atoms with Crippen LogP contribution in [0.15, 0.2) is 0 Å². The Morgan fingerprint density at radius 1 is 0.667 bits per heavy atom. The highest BCUT2D eigenvalue weighted by molar-refractivity contribution is 4.84. The lowest BCUT2D eigenvalue weighted by Crippen LogP contribution is -2.38. The van der Waals surface area contributed by atoms with E-state index in [0.717, 1.165) is 12.0 Å². The van der Waals surface area contributed by atoms with Crippen LogP contribution in [0.4, 0.5) is 0 Å². The van der Waals surface area contributed by atoms with Crippen LogP contribution in [0.1, 0.15) is 110 Å². The first-order valence-electron chi connectivity index (χ1n) is 11.3. The van der Waals surface area contributed by atoms with E-state index in [9.17, 15) is 0 Å². The van der Waals surface area contributed by atoms with Crippen molar-refractivity contribution in [1.82, 2.24) is 10.6 Å². The quantitative estimate of drug-likeness (QED) is 0.315. The number of rotatable bonds is 17. The van der Waals surface area contributed by atoms with Gasteiger partial charge in [-0.15, -0.1) is 0 Å². The van der Waals surface area contributed by atoms with E-state index in [0.29, 0.717) is 0 Å². The van der Waals surface area contributed by atoms with Crippen LogP contribution in [0, 0.1) is 5.92 Å². The fourth-order valence-corrected chi connectivity index (χ4v) is 4.06. The smallest absolute Gasteiger partial charge is 0.0107 e. The van der Waals surface area contributed by atoms with Crippen molar-refractivity contribution in [1.29, 1.82) is 0 Å². The maximum absolute atomic E-state index is 3.86. The maximum atomic E-state index is 3.86. The summed E-state index contributed by atoms with van der Waals surface area (Å²) in [5, 5.41) is 7.59. The third kappa shape index (κ3) is 11.5. The number of unbranched alkanes of at least 4 members (excludes halogenated alkanes) is 10. The topological polar surface area (TPSA) is 24.1 Å². The van der Waals surface area contributed by atoms with Gasteiger partial charge in [0, 0.05) is 6.04 Å². The summed E-state index contributed by atoms with van der Waals surface area (Å²) in [6.45, 7) is 8.29. The Balaban J connectivity index is 1.93. The summed E-state index contributed by atoms with van der Waals surface area (Å²) in [6.07, 6.45) is 21.1. The number of hydrogen-bond acceptors (Lipinski definition) is 2. The molecule has 1 saturated carbocycles. The highest BCUT2D eigenvalue weighted by Gasteiger charge is 2.25. The monoisotopic (exact) mass is 338 g/mol. The first-order chi connectivity index (χ1) is 11.9. The van der Waals surface area contributed by atoms with E-state index < -0.39 is 0 Å². The minimum absolute atomic E-state index is 0.790. The molecule has 2 atom stereocenters. The molecule has 0 amide bonds. The predicted molar refractivity (Wildman–Crippen MR) is 109 cm³/mol. The summed E-state index contributed by atoms with van der Waals surface area (Å²) < 4.78 is 0. The van der Waals surface area contributed by atoms with E-state index in [-0.39, 0.29) is 0 Å². The van der Waals surface area contributed by atoms with Gasteiger partial charge in [0.2, 0.25) is 0 Å². The zero-order valence-electron chi connectivity index (χ0n) is 16.9. The van der Waals surface area contributed by atoms with E-state index in [1.807, 2.05) is 0 Å². The Bertz CT molecular complexity index is 254. The summed E-state index contributed by atoms with van der Waals surface area (Å²) >= 11 is 0. The lowest BCUT2D eigenvalue weighted by molar-refractivity contribution is 0.374. The lowest BCUT2D eigenvalue weighted by atomic mass is 10.0. The molecular formula is C22H46N2. The highest BCUT2D eigenvalue weighted by Crippen LogP contribution is 2.25. The molecule has 1 fully saturated rings. The SMILES string of the molecule is CCCCCCCCNCC1CCCC1NCCCCCCCC. The molecule has 0 aliphatic heterocycles. The third-order valence-corrected chi connectivity index (χ3v) is 5.71. The molecule has 2 heteroatoms. The van der Waals surface area contributed by atoms with Gasteiger partial charge < -0.3 is 10.6 Å². The molecule has 0 saturated heterocycles. The lowest BCUT2D eigenvalue weighted by Gasteiger charge is -2.21. The average molecular weight is 339 g/mol. The Hall–Kier alpha value is -0.0800. The Morgan fingerprint density at radius 2 is 1.25 bits per heavy atom. The van der Waals surface area contributed by atoms with E-state index in [4.69, 9.17) is 0 Å². The first-order valence-corrected chi connectivity index (χ1v) is 11.3. The molecule has 2 N–H and O–H groups in total. The normalized spacial score (nSPS) is 20.8. The summed E-state index contributed by atoms with van der Waals surface area (Å²) in [5.74, 6) is 0.880. The Labute approximate surface area is 152 Å². The van der Waals surface area contributed by atoms with Crippen molar-refractivity contribution in [3.05, 3.63) is 0 Å². The van der Waals surface area contributed by atoms with Crippen molar-refractivity contribution < 1.29 is 0 Å². The zero-order chi connectivity index (χ0) is 17.3. The number of hydrogen-bond donors (Lipinski definition) is 2. The minimum Gasteiger partial charge on any atom is -0.316 e. The summed E-state index contributed by atoms with van der Waals surface area (Å²) in [5.41, 5.74) is 0. The Kier molecular flexibility index (Phi) is 15.0. The highest BCUT2D eigenvalue weighted by atomic mass is 14.9. The standard InChI is InChI=1S/C22H46N2/c1-3-5-7-9-11-13-18-23-20-21-16-15-17-22(21)24-19-14-12-10-8-6-4-2/h21-24H,3-20H2,1-2H3. The van der Waals surface area contributed by atoms with Crippen molar-refractivity contribution in [3.63, 3.8) is 0 Å². The van der Waals surface area contributed by atoms with Crippen LogP contribution < -0.4 is 10.6 Å². The van der Waals surface area contributed by atoms with Crippen LogP contribution in [-0.4, -0.2) is 25.7 Å². The summed E-state index contributed by atoms with van der Waals surface area (Å²) in [4.78, 5) is 0. The van der Waals surface area contributed by atoms with Crippen molar-refractivity contribution in [2.24, 2.45) is 5.92 Å². The second-order valence-electron chi connectivity index (χ2n) is 7.99. The van der Waals surface area contributed by atoms with Gasteiger partial charge in [0.1, 0.15) is 0 Å². The average Bonchev–Trinajstić information content (AvgIpc) is 3.04. The van der Waals surface area contributed by atoms with Gasteiger partial charge in [0.25, 0.3) is 0 Å². The molecule has 1 rings (SSSR count). The van der Waals surface area contributed by atoms with Crippen molar-refractivity contribution in [3.8, 4) is 0 Å². The van der Waals surface area contributed by atoms with Gasteiger partial charge in [-0.25, -0.2) is 0 Å². The maximum Gasteiger partial charge on any atom is 0.0107 e. The second-order valence-corrected chi connectivity index (χ2v) is 7.99. The van der Waals surface area contributed by atoms with Crippen molar-refractivity contribution in [2.45, 2.75) is 116 Å². The molecule has 0 radical (unpaired) electrons. The van der Waals surface area contributed by atoms with Crippen molar-refractivity contribution in [2.75, 3.05) is 19.6 Å². The predicted octanol–water partition coefficient (Wildman–Crippen LogP) is 6.06. The van der Waals surface area contributed by atoms with Crippen LogP contribution in [0.3, 0.4) is 0 Å². The number of nitrogens with one attached hydrogen (secondary N) is 2.